The van der Waals surface area contributed by atoms with Crippen LogP contribution in [-0.2, 0) is 11.2 Å². The highest BCUT2D eigenvalue weighted by molar-refractivity contribution is 6.04. The second kappa shape index (κ2) is 11.5. The summed E-state index contributed by atoms with van der Waals surface area (Å²) in [6, 6.07) is 19.1. The summed E-state index contributed by atoms with van der Waals surface area (Å²) in [4.78, 5) is 37.1. The van der Waals surface area contributed by atoms with Gasteiger partial charge in [0.2, 0.25) is 5.91 Å². The SMILES string of the molecule is COc1cc(NC(=O)CCc2ccccc2NC(=O)Nc2ccccc2)c(C(C)=O)cc1OC. The Balaban J connectivity index is 1.67. The number of hydrogen-bond donors (Lipinski definition) is 3. The molecule has 0 aliphatic carbocycles. The van der Waals surface area contributed by atoms with Crippen molar-refractivity contribution in [3.8, 4) is 11.5 Å². The Morgan fingerprint density at radius 1 is 0.765 bits per heavy atom. The molecular weight excluding hydrogens is 434 g/mol. The van der Waals surface area contributed by atoms with Gasteiger partial charge in [-0.2, -0.15) is 0 Å². The number of methoxy groups -OCH3 is 2. The van der Waals surface area contributed by atoms with Crippen molar-refractivity contribution >= 4 is 34.8 Å². The first-order valence-corrected chi connectivity index (χ1v) is 10.7. The number of hydrogen-bond acceptors (Lipinski definition) is 5. The number of carbonyl (C=O) groups excluding carboxylic acids is 3. The van der Waals surface area contributed by atoms with E-state index in [1.54, 1.807) is 30.3 Å². The van der Waals surface area contributed by atoms with Crippen LogP contribution in [0.25, 0.3) is 0 Å². The second-order valence-corrected chi connectivity index (χ2v) is 7.46. The number of anilines is 3. The molecule has 3 aromatic carbocycles. The van der Waals surface area contributed by atoms with E-state index in [4.69, 9.17) is 9.47 Å². The predicted molar refractivity (Wildman–Crippen MR) is 132 cm³/mol. The Hall–Kier alpha value is -4.33. The number of ether oxygens (including phenoxy) is 2. The van der Waals surface area contributed by atoms with E-state index in [1.807, 2.05) is 36.4 Å². The van der Waals surface area contributed by atoms with Gasteiger partial charge in [0.1, 0.15) is 0 Å². The molecule has 3 aromatic rings. The molecule has 0 heterocycles. The zero-order valence-corrected chi connectivity index (χ0v) is 19.3. The van der Waals surface area contributed by atoms with Crippen molar-refractivity contribution < 1.29 is 23.9 Å². The standard InChI is InChI=1S/C26H27N3O5/c1-17(30)20-15-23(33-2)24(34-3)16-22(20)28-25(31)14-13-18-9-7-8-12-21(18)29-26(32)27-19-10-5-4-6-11-19/h4-12,15-16H,13-14H2,1-3H3,(H,28,31)(H2,27,29,32). The van der Waals surface area contributed by atoms with Gasteiger partial charge in [0.25, 0.3) is 0 Å². The van der Waals surface area contributed by atoms with Crippen LogP contribution >= 0.6 is 0 Å². The zero-order chi connectivity index (χ0) is 24.5. The van der Waals surface area contributed by atoms with Crippen molar-refractivity contribution in [2.45, 2.75) is 19.8 Å². The molecule has 176 valence electrons. The molecule has 0 aliphatic rings. The molecule has 0 aromatic heterocycles. The highest BCUT2D eigenvalue weighted by atomic mass is 16.5. The lowest BCUT2D eigenvalue weighted by Crippen LogP contribution is -2.20. The number of aryl methyl sites for hydroxylation is 1. The molecule has 0 spiro atoms. The number of rotatable bonds is 9. The predicted octanol–water partition coefficient (Wildman–Crippen LogP) is 5.12. The van der Waals surface area contributed by atoms with E-state index in [9.17, 15) is 14.4 Å². The highest BCUT2D eigenvalue weighted by Gasteiger charge is 2.17. The Labute approximate surface area is 198 Å². The average Bonchev–Trinajstić information content (AvgIpc) is 2.83. The van der Waals surface area contributed by atoms with Gasteiger partial charge in [0.05, 0.1) is 19.9 Å². The van der Waals surface area contributed by atoms with Crippen LogP contribution < -0.4 is 25.4 Å². The molecule has 0 aliphatic heterocycles. The zero-order valence-electron chi connectivity index (χ0n) is 19.3. The Bertz CT molecular complexity index is 1180. The fourth-order valence-electron chi connectivity index (χ4n) is 3.40. The molecule has 0 saturated heterocycles. The molecule has 8 nitrogen and oxygen atoms in total. The minimum atomic E-state index is -0.375. The van der Waals surface area contributed by atoms with E-state index in [2.05, 4.69) is 16.0 Å². The fraction of sp³-hybridized carbons (Fsp3) is 0.192. The van der Waals surface area contributed by atoms with Crippen molar-refractivity contribution in [3.05, 3.63) is 77.9 Å². The number of benzene rings is 3. The molecule has 0 radical (unpaired) electrons. The molecule has 3 rings (SSSR count). The molecular formula is C26H27N3O5. The lowest BCUT2D eigenvalue weighted by molar-refractivity contribution is -0.116. The third-order valence-corrected chi connectivity index (χ3v) is 5.10. The largest absolute Gasteiger partial charge is 0.493 e. The third kappa shape index (κ3) is 6.35. The van der Waals surface area contributed by atoms with E-state index >= 15 is 0 Å². The lowest BCUT2D eigenvalue weighted by atomic mass is 10.1. The summed E-state index contributed by atoms with van der Waals surface area (Å²) in [5.74, 6) is 0.315. The Morgan fingerprint density at radius 2 is 1.41 bits per heavy atom. The molecule has 0 fully saturated rings. The first kappa shape index (κ1) is 24.3. The quantitative estimate of drug-likeness (QED) is 0.384. The minimum absolute atomic E-state index is 0.144. The topological polar surface area (TPSA) is 106 Å². The van der Waals surface area contributed by atoms with Gasteiger partial charge < -0.3 is 25.4 Å². The summed E-state index contributed by atoms with van der Waals surface area (Å²) in [5, 5.41) is 8.38. The number of amides is 3. The van der Waals surface area contributed by atoms with E-state index in [1.165, 1.54) is 21.1 Å². The minimum Gasteiger partial charge on any atom is -0.493 e. The van der Waals surface area contributed by atoms with Crippen molar-refractivity contribution in [3.63, 3.8) is 0 Å². The summed E-state index contributed by atoms with van der Waals surface area (Å²) < 4.78 is 10.5. The van der Waals surface area contributed by atoms with Crippen LogP contribution in [0.5, 0.6) is 11.5 Å². The van der Waals surface area contributed by atoms with Gasteiger partial charge in [-0.15, -0.1) is 0 Å². The molecule has 8 heteroatoms. The normalized spacial score (nSPS) is 10.2. The third-order valence-electron chi connectivity index (χ3n) is 5.10. The van der Waals surface area contributed by atoms with Crippen LogP contribution in [0.3, 0.4) is 0 Å². The van der Waals surface area contributed by atoms with Crippen LogP contribution in [0, 0.1) is 0 Å². The summed E-state index contributed by atoms with van der Waals surface area (Å²) in [6.07, 6.45) is 0.529. The van der Waals surface area contributed by atoms with Crippen LogP contribution in [0.15, 0.2) is 66.7 Å². The van der Waals surface area contributed by atoms with Gasteiger partial charge in [0, 0.05) is 29.4 Å². The van der Waals surface area contributed by atoms with Crippen LogP contribution in [0.1, 0.15) is 29.3 Å². The van der Waals surface area contributed by atoms with E-state index < -0.39 is 0 Å². The molecule has 0 bridgehead atoms. The Kier molecular flexibility index (Phi) is 8.23. The van der Waals surface area contributed by atoms with Gasteiger partial charge in [-0.25, -0.2) is 4.79 Å². The first-order valence-electron chi connectivity index (χ1n) is 10.7. The van der Waals surface area contributed by atoms with Crippen LogP contribution in [-0.4, -0.2) is 31.9 Å². The van der Waals surface area contributed by atoms with Gasteiger partial charge in [-0.05, 0) is 43.2 Å². The number of para-hydroxylation sites is 2. The maximum absolute atomic E-state index is 12.7. The van der Waals surface area contributed by atoms with Crippen molar-refractivity contribution in [1.82, 2.24) is 0 Å². The number of carbonyl (C=O) groups is 3. The van der Waals surface area contributed by atoms with Crippen molar-refractivity contribution in [1.29, 1.82) is 0 Å². The summed E-state index contributed by atoms with van der Waals surface area (Å²) in [6.45, 7) is 1.42. The maximum Gasteiger partial charge on any atom is 0.323 e. The van der Waals surface area contributed by atoms with Crippen molar-refractivity contribution in [2.24, 2.45) is 0 Å². The second-order valence-electron chi connectivity index (χ2n) is 7.46. The van der Waals surface area contributed by atoms with E-state index in [-0.39, 0.29) is 24.1 Å². The smallest absolute Gasteiger partial charge is 0.323 e. The average molecular weight is 462 g/mol. The fourth-order valence-corrected chi connectivity index (χ4v) is 3.40. The lowest BCUT2D eigenvalue weighted by Gasteiger charge is -2.15. The molecule has 3 N–H and O–H groups in total. The summed E-state index contributed by atoms with van der Waals surface area (Å²) in [5.41, 5.74) is 2.77. The number of urea groups is 1. The van der Waals surface area contributed by atoms with Gasteiger partial charge in [-0.1, -0.05) is 36.4 Å². The summed E-state index contributed by atoms with van der Waals surface area (Å²) in [7, 11) is 2.96. The van der Waals surface area contributed by atoms with Gasteiger partial charge in [-0.3, -0.25) is 9.59 Å². The van der Waals surface area contributed by atoms with Gasteiger partial charge >= 0.3 is 6.03 Å². The van der Waals surface area contributed by atoms with Crippen molar-refractivity contribution in [2.75, 3.05) is 30.2 Å². The van der Waals surface area contributed by atoms with Gasteiger partial charge in [0.15, 0.2) is 17.3 Å². The molecule has 0 atom stereocenters. The number of ketones is 1. The molecule has 3 amide bonds. The van der Waals surface area contributed by atoms with Crippen LogP contribution in [0.4, 0.5) is 21.9 Å². The molecule has 34 heavy (non-hydrogen) atoms. The molecule has 0 unspecified atom stereocenters. The van der Waals surface area contributed by atoms with E-state index in [0.717, 1.165) is 5.56 Å². The summed E-state index contributed by atoms with van der Waals surface area (Å²) >= 11 is 0. The van der Waals surface area contributed by atoms with Crippen LogP contribution in [0.2, 0.25) is 0 Å². The molecule has 0 saturated carbocycles. The monoisotopic (exact) mass is 461 g/mol. The van der Waals surface area contributed by atoms with E-state index in [0.29, 0.717) is 40.5 Å². The Morgan fingerprint density at radius 3 is 2.09 bits per heavy atom. The number of Topliss-reactive ketones (excluding diaryl/α,β-unsaturated/α-hetero) is 1. The maximum atomic E-state index is 12.7. The number of nitrogens with one attached hydrogen (secondary N) is 3. The first-order chi connectivity index (χ1) is 16.4. The highest BCUT2D eigenvalue weighted by Crippen LogP contribution is 2.33.